The fraction of sp³-hybridized carbons (Fsp3) is 0.148. The maximum absolute atomic E-state index is 12.7. The zero-order valence-corrected chi connectivity index (χ0v) is 19.7. The van der Waals surface area contributed by atoms with Crippen LogP contribution in [0.3, 0.4) is 0 Å². The lowest BCUT2D eigenvalue weighted by molar-refractivity contribution is -0.384. The van der Waals surface area contributed by atoms with Crippen LogP contribution in [0.1, 0.15) is 28.8 Å². The highest BCUT2D eigenvalue weighted by Gasteiger charge is 2.16. The molecule has 0 aliphatic carbocycles. The number of nitro benzene ring substituents is 1. The highest BCUT2D eigenvalue weighted by atomic mass is 16.6. The molecule has 0 aliphatic heterocycles. The third kappa shape index (κ3) is 6.41. The van der Waals surface area contributed by atoms with E-state index >= 15 is 0 Å². The second-order valence-electron chi connectivity index (χ2n) is 7.80. The molecule has 4 aromatic rings. The van der Waals surface area contributed by atoms with E-state index in [9.17, 15) is 14.9 Å². The van der Waals surface area contributed by atoms with Crippen molar-refractivity contribution in [3.8, 4) is 23.0 Å². The minimum atomic E-state index is -0.565. The first-order valence-corrected chi connectivity index (χ1v) is 11.2. The Morgan fingerprint density at radius 1 is 0.917 bits per heavy atom. The molecule has 9 nitrogen and oxygen atoms in total. The van der Waals surface area contributed by atoms with Crippen molar-refractivity contribution in [2.75, 3.05) is 11.9 Å². The fourth-order valence-electron chi connectivity index (χ4n) is 3.36. The molecule has 0 aliphatic rings. The van der Waals surface area contributed by atoms with E-state index in [1.807, 2.05) is 26.0 Å². The van der Waals surface area contributed by atoms with Crippen LogP contribution in [-0.2, 0) is 6.61 Å². The van der Waals surface area contributed by atoms with Crippen LogP contribution in [0.4, 0.5) is 11.4 Å². The molecule has 9 heteroatoms. The SMILES string of the molecule is CCOc1ccc(OCc2ccc(C(=O)Nc3cc(Oc4cccc(C)c4)cc([N+](=O)[O-])c3)o2)cc1. The number of benzene rings is 3. The molecule has 0 radical (unpaired) electrons. The summed E-state index contributed by atoms with van der Waals surface area (Å²) >= 11 is 0. The molecular formula is C27H24N2O7. The minimum Gasteiger partial charge on any atom is -0.494 e. The molecule has 1 N–H and O–H groups in total. The van der Waals surface area contributed by atoms with Gasteiger partial charge in [0.1, 0.15) is 35.4 Å². The molecule has 0 spiro atoms. The lowest BCUT2D eigenvalue weighted by Crippen LogP contribution is -2.11. The number of rotatable bonds is 10. The van der Waals surface area contributed by atoms with Crippen molar-refractivity contribution in [2.45, 2.75) is 20.5 Å². The molecule has 1 heterocycles. The van der Waals surface area contributed by atoms with Gasteiger partial charge < -0.3 is 23.9 Å². The van der Waals surface area contributed by atoms with Crippen LogP contribution < -0.4 is 19.5 Å². The minimum absolute atomic E-state index is 0.0351. The predicted molar refractivity (Wildman–Crippen MR) is 133 cm³/mol. The number of hydrogen-bond donors (Lipinski definition) is 1. The molecule has 0 bridgehead atoms. The van der Waals surface area contributed by atoms with E-state index in [0.717, 1.165) is 11.3 Å². The molecule has 0 unspecified atom stereocenters. The van der Waals surface area contributed by atoms with E-state index in [4.69, 9.17) is 18.6 Å². The second-order valence-corrected chi connectivity index (χ2v) is 7.80. The number of nitrogens with one attached hydrogen (secondary N) is 1. The van der Waals surface area contributed by atoms with Gasteiger partial charge in [0.05, 0.1) is 23.3 Å². The molecule has 184 valence electrons. The number of ether oxygens (including phenoxy) is 3. The molecule has 1 amide bonds. The monoisotopic (exact) mass is 488 g/mol. The van der Waals surface area contributed by atoms with Gasteiger partial charge in [-0.2, -0.15) is 0 Å². The Morgan fingerprint density at radius 3 is 2.36 bits per heavy atom. The van der Waals surface area contributed by atoms with Crippen LogP contribution in [0.25, 0.3) is 0 Å². The van der Waals surface area contributed by atoms with Gasteiger partial charge in [0.25, 0.3) is 11.6 Å². The number of nitro groups is 1. The van der Waals surface area contributed by atoms with E-state index in [1.54, 1.807) is 42.5 Å². The first-order valence-electron chi connectivity index (χ1n) is 11.2. The third-order valence-corrected chi connectivity index (χ3v) is 4.99. The van der Waals surface area contributed by atoms with Crippen LogP contribution in [0, 0.1) is 17.0 Å². The highest BCUT2D eigenvalue weighted by molar-refractivity contribution is 6.02. The highest BCUT2D eigenvalue weighted by Crippen LogP contribution is 2.30. The van der Waals surface area contributed by atoms with Gasteiger partial charge in [-0.05, 0) is 67.9 Å². The Kier molecular flexibility index (Phi) is 7.50. The van der Waals surface area contributed by atoms with Gasteiger partial charge in [0, 0.05) is 12.1 Å². The summed E-state index contributed by atoms with van der Waals surface area (Å²) in [6, 6.07) is 21.6. The summed E-state index contributed by atoms with van der Waals surface area (Å²) in [4.78, 5) is 23.6. The number of hydrogen-bond acceptors (Lipinski definition) is 7. The van der Waals surface area contributed by atoms with Crippen LogP contribution in [0.5, 0.6) is 23.0 Å². The molecule has 0 atom stereocenters. The summed E-state index contributed by atoms with van der Waals surface area (Å²) in [5, 5.41) is 14.0. The first kappa shape index (κ1) is 24.3. The zero-order valence-electron chi connectivity index (χ0n) is 19.7. The lowest BCUT2D eigenvalue weighted by Gasteiger charge is -2.09. The largest absolute Gasteiger partial charge is 0.494 e. The topological polar surface area (TPSA) is 113 Å². The Morgan fingerprint density at radius 2 is 1.67 bits per heavy atom. The average molecular weight is 488 g/mol. The van der Waals surface area contributed by atoms with Crippen LogP contribution in [0.15, 0.2) is 83.3 Å². The second kappa shape index (κ2) is 11.1. The van der Waals surface area contributed by atoms with Gasteiger partial charge in [0.15, 0.2) is 5.76 Å². The summed E-state index contributed by atoms with van der Waals surface area (Å²) < 4.78 is 22.5. The Labute approximate surface area is 207 Å². The van der Waals surface area contributed by atoms with Crippen LogP contribution >= 0.6 is 0 Å². The average Bonchev–Trinajstić information content (AvgIpc) is 3.33. The third-order valence-electron chi connectivity index (χ3n) is 4.99. The molecule has 3 aromatic carbocycles. The molecule has 1 aromatic heterocycles. The number of carbonyl (C=O) groups excluding carboxylic acids is 1. The molecular weight excluding hydrogens is 464 g/mol. The Hall–Kier alpha value is -4.79. The number of amides is 1. The Bertz CT molecular complexity index is 1360. The number of nitrogens with zero attached hydrogens (tertiary/aromatic N) is 1. The standard InChI is InChI=1S/C27H24N2O7/c1-3-33-21-7-9-22(10-8-21)34-17-24-11-12-26(36-24)27(30)28-19-14-20(29(31)32)16-25(15-19)35-23-6-4-5-18(2)13-23/h4-16H,3,17H2,1-2H3,(H,28,30). The maximum atomic E-state index is 12.7. The predicted octanol–water partition coefficient (Wildman–Crippen LogP) is 6.52. The zero-order chi connectivity index (χ0) is 25.5. The molecule has 36 heavy (non-hydrogen) atoms. The summed E-state index contributed by atoms with van der Waals surface area (Å²) in [5.74, 6) is 2.02. The molecule has 4 rings (SSSR count). The molecule has 0 saturated heterocycles. The van der Waals surface area contributed by atoms with E-state index in [1.165, 1.54) is 24.3 Å². The van der Waals surface area contributed by atoms with Gasteiger partial charge in [-0.3, -0.25) is 14.9 Å². The van der Waals surface area contributed by atoms with Crippen molar-refractivity contribution in [2.24, 2.45) is 0 Å². The lowest BCUT2D eigenvalue weighted by atomic mass is 10.2. The normalized spacial score (nSPS) is 10.5. The number of furan rings is 1. The van der Waals surface area contributed by atoms with Crippen molar-refractivity contribution in [3.05, 3.63) is 106 Å². The number of anilines is 1. The van der Waals surface area contributed by atoms with E-state index in [2.05, 4.69) is 5.32 Å². The van der Waals surface area contributed by atoms with E-state index < -0.39 is 10.8 Å². The van der Waals surface area contributed by atoms with Crippen molar-refractivity contribution in [1.29, 1.82) is 0 Å². The van der Waals surface area contributed by atoms with Crippen molar-refractivity contribution < 1.29 is 28.3 Å². The number of carbonyl (C=O) groups is 1. The maximum Gasteiger partial charge on any atom is 0.291 e. The summed E-state index contributed by atoms with van der Waals surface area (Å²) in [6.07, 6.45) is 0. The van der Waals surface area contributed by atoms with Gasteiger partial charge in [-0.1, -0.05) is 12.1 Å². The quantitative estimate of drug-likeness (QED) is 0.200. The summed E-state index contributed by atoms with van der Waals surface area (Å²) in [5.41, 5.74) is 0.950. The van der Waals surface area contributed by atoms with E-state index in [-0.39, 0.29) is 29.5 Å². The number of aryl methyl sites for hydroxylation is 1. The fourth-order valence-corrected chi connectivity index (χ4v) is 3.36. The summed E-state index contributed by atoms with van der Waals surface area (Å²) in [6.45, 7) is 4.51. The molecule has 0 fully saturated rings. The van der Waals surface area contributed by atoms with Gasteiger partial charge in [-0.25, -0.2) is 0 Å². The van der Waals surface area contributed by atoms with Crippen LogP contribution in [-0.4, -0.2) is 17.4 Å². The summed E-state index contributed by atoms with van der Waals surface area (Å²) in [7, 11) is 0. The molecule has 0 saturated carbocycles. The van der Waals surface area contributed by atoms with Gasteiger partial charge in [-0.15, -0.1) is 0 Å². The van der Waals surface area contributed by atoms with Gasteiger partial charge in [0.2, 0.25) is 0 Å². The number of non-ortho nitro benzene ring substituents is 1. The van der Waals surface area contributed by atoms with Crippen molar-refractivity contribution in [1.82, 2.24) is 0 Å². The first-order chi connectivity index (χ1) is 17.4. The Balaban J connectivity index is 1.42. The smallest absolute Gasteiger partial charge is 0.291 e. The van der Waals surface area contributed by atoms with Crippen LogP contribution in [0.2, 0.25) is 0 Å². The van der Waals surface area contributed by atoms with Gasteiger partial charge >= 0.3 is 0 Å². The van der Waals surface area contributed by atoms with Crippen molar-refractivity contribution >= 4 is 17.3 Å². The van der Waals surface area contributed by atoms with E-state index in [0.29, 0.717) is 23.9 Å². The van der Waals surface area contributed by atoms with Crippen molar-refractivity contribution in [3.63, 3.8) is 0 Å².